The van der Waals surface area contributed by atoms with Gasteiger partial charge in [-0.05, 0) is 38.2 Å². The molecule has 1 aromatic heterocycles. The van der Waals surface area contributed by atoms with Crippen LogP contribution in [0.2, 0.25) is 0 Å². The maximum Gasteiger partial charge on any atom is 0.254 e. The summed E-state index contributed by atoms with van der Waals surface area (Å²) < 4.78 is 0. The second-order valence-corrected chi connectivity index (χ2v) is 8.33. The van der Waals surface area contributed by atoms with E-state index in [9.17, 15) is 14.4 Å². The Morgan fingerprint density at radius 2 is 1.93 bits per heavy atom. The largest absolute Gasteiger partial charge is 0.337 e. The molecule has 0 spiro atoms. The fraction of sp³-hybridized carbons (Fsp3) is 0.478. The van der Waals surface area contributed by atoms with E-state index in [0.717, 1.165) is 30.4 Å². The molecule has 0 saturated carbocycles. The van der Waals surface area contributed by atoms with Crippen molar-refractivity contribution in [1.29, 1.82) is 0 Å². The lowest BCUT2D eigenvalue weighted by Gasteiger charge is -2.36. The number of fused-ring (bicyclic) bond motifs is 1. The molecule has 1 saturated heterocycles. The molecule has 3 heterocycles. The van der Waals surface area contributed by atoms with Gasteiger partial charge < -0.3 is 14.8 Å². The van der Waals surface area contributed by atoms with Crippen LogP contribution in [0.4, 0.5) is 0 Å². The molecule has 7 heteroatoms. The summed E-state index contributed by atoms with van der Waals surface area (Å²) >= 11 is 0. The second-order valence-electron chi connectivity index (χ2n) is 8.33. The summed E-state index contributed by atoms with van der Waals surface area (Å²) in [6, 6.07) is 7.77. The van der Waals surface area contributed by atoms with Gasteiger partial charge in [0.1, 0.15) is 5.82 Å². The smallest absolute Gasteiger partial charge is 0.254 e. The molecule has 2 amide bonds. The summed E-state index contributed by atoms with van der Waals surface area (Å²) in [7, 11) is 0. The van der Waals surface area contributed by atoms with E-state index in [-0.39, 0.29) is 23.4 Å². The number of nitrogens with zero attached hydrogens (tertiary/aromatic N) is 3. The van der Waals surface area contributed by atoms with Crippen LogP contribution in [0.25, 0.3) is 0 Å². The lowest BCUT2D eigenvalue weighted by molar-refractivity contribution is -0.134. The molecular formula is C23H28N4O3. The highest BCUT2D eigenvalue weighted by molar-refractivity contribution is 5.79. The third-order valence-electron chi connectivity index (χ3n) is 6.15. The first-order valence-corrected chi connectivity index (χ1v) is 10.6. The molecule has 0 bridgehead atoms. The van der Waals surface area contributed by atoms with E-state index in [1.807, 2.05) is 36.1 Å². The minimum Gasteiger partial charge on any atom is -0.337 e. The van der Waals surface area contributed by atoms with Crippen molar-refractivity contribution in [3.63, 3.8) is 0 Å². The van der Waals surface area contributed by atoms with E-state index in [1.54, 1.807) is 4.90 Å². The monoisotopic (exact) mass is 408 g/mol. The maximum atomic E-state index is 13.1. The van der Waals surface area contributed by atoms with Crippen LogP contribution in [0.3, 0.4) is 0 Å². The molecule has 1 unspecified atom stereocenters. The number of piperidine rings is 1. The van der Waals surface area contributed by atoms with E-state index in [0.29, 0.717) is 49.6 Å². The van der Waals surface area contributed by atoms with Crippen molar-refractivity contribution in [3.8, 4) is 0 Å². The predicted molar refractivity (Wildman–Crippen MR) is 113 cm³/mol. The van der Waals surface area contributed by atoms with Crippen molar-refractivity contribution in [2.45, 2.75) is 58.5 Å². The molecule has 4 rings (SSSR count). The van der Waals surface area contributed by atoms with Gasteiger partial charge in [0.15, 0.2) is 0 Å². The maximum absolute atomic E-state index is 13.1. The number of carbonyl (C=O) groups excluding carboxylic acids is 2. The van der Waals surface area contributed by atoms with Gasteiger partial charge in [0, 0.05) is 25.6 Å². The summed E-state index contributed by atoms with van der Waals surface area (Å²) in [5, 5.41) is 0. The molecular weight excluding hydrogens is 380 g/mol. The third-order valence-corrected chi connectivity index (χ3v) is 6.15. The van der Waals surface area contributed by atoms with Crippen LogP contribution < -0.4 is 5.56 Å². The van der Waals surface area contributed by atoms with Crippen molar-refractivity contribution in [2.75, 3.05) is 13.1 Å². The zero-order valence-electron chi connectivity index (χ0n) is 17.6. The first-order chi connectivity index (χ1) is 14.4. The van der Waals surface area contributed by atoms with Gasteiger partial charge in [0.25, 0.3) is 5.56 Å². The summed E-state index contributed by atoms with van der Waals surface area (Å²) in [4.78, 5) is 48.8. The first kappa shape index (κ1) is 20.3. The van der Waals surface area contributed by atoms with E-state index >= 15 is 0 Å². The Balaban J connectivity index is 1.59. The lowest BCUT2D eigenvalue weighted by Crippen LogP contribution is -2.42. The van der Waals surface area contributed by atoms with Crippen LogP contribution in [0.5, 0.6) is 0 Å². The average Bonchev–Trinajstić information content (AvgIpc) is 2.74. The minimum atomic E-state index is -0.234. The minimum absolute atomic E-state index is 0.0168. The molecule has 0 radical (unpaired) electrons. The van der Waals surface area contributed by atoms with Gasteiger partial charge in [-0.25, -0.2) is 4.98 Å². The Kier molecular flexibility index (Phi) is 5.70. The highest BCUT2D eigenvalue weighted by atomic mass is 16.2. The lowest BCUT2D eigenvalue weighted by atomic mass is 9.99. The zero-order chi connectivity index (χ0) is 21.3. The molecule has 158 valence electrons. The number of rotatable bonds is 3. The zero-order valence-corrected chi connectivity index (χ0v) is 17.6. The van der Waals surface area contributed by atoms with Crippen LogP contribution >= 0.6 is 0 Å². The Morgan fingerprint density at radius 3 is 2.67 bits per heavy atom. The molecule has 7 nitrogen and oxygen atoms in total. The normalized spacial score (nSPS) is 18.8. The van der Waals surface area contributed by atoms with Crippen LogP contribution in [0.15, 0.2) is 29.1 Å². The number of benzene rings is 1. The fourth-order valence-electron chi connectivity index (χ4n) is 4.38. The van der Waals surface area contributed by atoms with Gasteiger partial charge in [-0.15, -0.1) is 0 Å². The van der Waals surface area contributed by atoms with Gasteiger partial charge in [-0.1, -0.05) is 29.8 Å². The SMILES string of the molecule is CC(=O)N1CCc2c(nc(C3CCCCN3C(=O)Cc3ccc(C)cc3)[nH]c2=O)C1. The Hall–Kier alpha value is -2.96. The summed E-state index contributed by atoms with van der Waals surface area (Å²) in [6.45, 7) is 5.11. The molecule has 1 fully saturated rings. The molecule has 1 N–H and O–H groups in total. The number of nitrogens with one attached hydrogen (secondary N) is 1. The molecule has 30 heavy (non-hydrogen) atoms. The first-order valence-electron chi connectivity index (χ1n) is 10.6. The van der Waals surface area contributed by atoms with E-state index < -0.39 is 0 Å². The number of aromatic amines is 1. The molecule has 2 aromatic rings. The van der Waals surface area contributed by atoms with Crippen LogP contribution in [0, 0.1) is 6.92 Å². The summed E-state index contributed by atoms with van der Waals surface area (Å²) in [5.41, 5.74) is 3.32. The van der Waals surface area contributed by atoms with Crippen molar-refractivity contribution in [3.05, 3.63) is 62.8 Å². The number of aromatic nitrogens is 2. The number of amides is 2. The molecule has 1 atom stereocenters. The van der Waals surface area contributed by atoms with Crippen LogP contribution in [-0.4, -0.2) is 44.7 Å². The Morgan fingerprint density at radius 1 is 1.17 bits per heavy atom. The molecule has 2 aliphatic heterocycles. The van der Waals surface area contributed by atoms with Gasteiger partial charge in [-0.2, -0.15) is 0 Å². The van der Waals surface area contributed by atoms with Gasteiger partial charge in [0.2, 0.25) is 11.8 Å². The average molecular weight is 409 g/mol. The van der Waals surface area contributed by atoms with E-state index in [2.05, 4.69) is 4.98 Å². The van der Waals surface area contributed by atoms with E-state index in [1.165, 1.54) is 6.92 Å². The highest BCUT2D eigenvalue weighted by Gasteiger charge is 2.31. The van der Waals surface area contributed by atoms with Crippen molar-refractivity contribution < 1.29 is 9.59 Å². The molecule has 0 aliphatic carbocycles. The number of carbonyl (C=O) groups is 2. The Bertz CT molecular complexity index is 1010. The highest BCUT2D eigenvalue weighted by Crippen LogP contribution is 2.30. The standard InChI is InChI=1S/C23H28N4O3/c1-15-6-8-17(9-7-15)13-21(29)27-11-4-3-5-20(27)22-24-19-14-26(16(2)28)12-10-18(19)23(30)25-22/h6-9,20H,3-5,10-14H2,1-2H3,(H,24,25,30). The van der Waals surface area contributed by atoms with Crippen molar-refractivity contribution in [1.82, 2.24) is 19.8 Å². The number of aryl methyl sites for hydroxylation is 1. The van der Waals surface area contributed by atoms with Crippen molar-refractivity contribution in [2.24, 2.45) is 0 Å². The number of hydrogen-bond acceptors (Lipinski definition) is 4. The van der Waals surface area contributed by atoms with Crippen molar-refractivity contribution >= 4 is 11.8 Å². The van der Waals surface area contributed by atoms with Gasteiger partial charge in [0.05, 0.1) is 24.7 Å². The number of hydrogen-bond donors (Lipinski definition) is 1. The number of likely N-dealkylation sites (tertiary alicyclic amines) is 1. The van der Waals surface area contributed by atoms with Gasteiger partial charge >= 0.3 is 0 Å². The third kappa shape index (κ3) is 4.15. The summed E-state index contributed by atoms with van der Waals surface area (Å²) in [6.07, 6.45) is 3.56. The summed E-state index contributed by atoms with van der Waals surface area (Å²) in [5.74, 6) is 0.576. The van der Waals surface area contributed by atoms with Crippen LogP contribution in [-0.2, 0) is 29.0 Å². The van der Waals surface area contributed by atoms with E-state index in [4.69, 9.17) is 4.98 Å². The van der Waals surface area contributed by atoms with Crippen LogP contribution in [0.1, 0.15) is 60.4 Å². The molecule has 1 aromatic carbocycles. The topological polar surface area (TPSA) is 86.4 Å². The quantitative estimate of drug-likeness (QED) is 0.844. The number of H-pyrrole nitrogens is 1. The fourth-order valence-corrected chi connectivity index (χ4v) is 4.38. The molecule has 2 aliphatic rings. The van der Waals surface area contributed by atoms with Gasteiger partial charge in [-0.3, -0.25) is 14.4 Å². The Labute approximate surface area is 176 Å². The predicted octanol–water partition coefficient (Wildman–Crippen LogP) is 2.28. The second kappa shape index (κ2) is 8.42.